The lowest BCUT2D eigenvalue weighted by atomic mass is 9.84. The molecule has 0 unspecified atom stereocenters. The molecular weight excluding hydrogens is 603 g/mol. The van der Waals surface area contributed by atoms with Crippen molar-refractivity contribution in [3.8, 4) is 11.1 Å². The van der Waals surface area contributed by atoms with E-state index in [9.17, 15) is 18.0 Å². The summed E-state index contributed by atoms with van der Waals surface area (Å²) in [6, 6.07) is 20.8. The summed E-state index contributed by atoms with van der Waals surface area (Å²) in [5.74, 6) is 0.104. The number of aromatic nitrogens is 2. The molecule has 0 bridgehead atoms. The number of alkyl halides is 3. The largest absolute Gasteiger partial charge is 0.870 e. The number of pyridine rings is 2. The number of anilines is 2. The fourth-order valence-electron chi connectivity index (χ4n) is 7.23. The average molecular weight is 646 g/mol. The minimum absolute atomic E-state index is 0. The van der Waals surface area contributed by atoms with Gasteiger partial charge in [-0.05, 0) is 93.0 Å². The van der Waals surface area contributed by atoms with E-state index in [1.807, 2.05) is 73.6 Å². The van der Waals surface area contributed by atoms with Crippen molar-refractivity contribution in [1.29, 1.82) is 0 Å². The maximum absolute atomic E-state index is 13.8. The fourth-order valence-corrected chi connectivity index (χ4v) is 7.23. The number of H-pyrrole nitrogens is 1. The first-order valence-corrected chi connectivity index (χ1v) is 16.0. The number of hydrogen-bond donors (Lipinski definition) is 0. The summed E-state index contributed by atoms with van der Waals surface area (Å²) in [7, 11) is 0. The molecule has 2 N–H and O–H groups in total. The molecule has 47 heavy (non-hydrogen) atoms. The van der Waals surface area contributed by atoms with Crippen molar-refractivity contribution in [3.63, 3.8) is 0 Å². The molecule has 0 radical (unpaired) electrons. The first kappa shape index (κ1) is 34.1. The van der Waals surface area contributed by atoms with E-state index in [1.54, 1.807) is 0 Å². The maximum Gasteiger partial charge on any atom is 0.433 e. The molecular formula is C37H42F3N5O2. The van der Waals surface area contributed by atoms with Gasteiger partial charge in [0.05, 0.1) is 11.9 Å². The molecule has 0 saturated carbocycles. The lowest BCUT2D eigenvalue weighted by Gasteiger charge is -2.50. The third kappa shape index (κ3) is 7.18. The van der Waals surface area contributed by atoms with Gasteiger partial charge in [-0.15, -0.1) is 0 Å². The maximum atomic E-state index is 13.8. The van der Waals surface area contributed by atoms with Gasteiger partial charge in [0.15, 0.2) is 12.4 Å². The van der Waals surface area contributed by atoms with Crippen LogP contribution in [0.1, 0.15) is 59.8 Å². The second kappa shape index (κ2) is 13.8. The second-order valence-corrected chi connectivity index (χ2v) is 12.9. The van der Waals surface area contributed by atoms with Gasteiger partial charge in [-0.2, -0.15) is 13.2 Å². The minimum Gasteiger partial charge on any atom is -0.870 e. The standard InChI is InChI=1S/C37H40F3N5O.H2O/c1-26-23-29(28-11-17-41-18-12-28)24-27(2)34(26)35(46)43-21-15-36(3,16-22-43)44-19-13-31(14-20-44)45(30-7-5-4-6-8-30)32-9-10-33(42-25-32)37(38,39)40;/h4-12,17-18,23-25,31H,13-16,19-22H2,1-3H3;1H2. The van der Waals surface area contributed by atoms with Crippen LogP contribution >= 0.6 is 0 Å². The van der Waals surface area contributed by atoms with Gasteiger partial charge in [0, 0.05) is 61.1 Å². The zero-order valence-electron chi connectivity index (χ0n) is 27.1. The van der Waals surface area contributed by atoms with Crippen LogP contribution in [-0.2, 0) is 6.18 Å². The zero-order chi connectivity index (χ0) is 32.5. The Kier molecular flexibility index (Phi) is 10.0. The third-order valence-corrected chi connectivity index (χ3v) is 9.87. The number of carbonyl (C=O) groups is 1. The number of rotatable bonds is 6. The zero-order valence-corrected chi connectivity index (χ0v) is 27.1. The first-order chi connectivity index (χ1) is 22.0. The number of carbonyl (C=O) groups excluding carboxylic acids is 1. The molecule has 7 nitrogen and oxygen atoms in total. The summed E-state index contributed by atoms with van der Waals surface area (Å²) >= 11 is 0. The van der Waals surface area contributed by atoms with E-state index in [1.165, 1.54) is 12.3 Å². The van der Waals surface area contributed by atoms with Crippen LogP contribution in [0.5, 0.6) is 0 Å². The predicted octanol–water partition coefficient (Wildman–Crippen LogP) is 7.32. The normalized spacial score (nSPS) is 17.2. The monoisotopic (exact) mass is 645 g/mol. The summed E-state index contributed by atoms with van der Waals surface area (Å²) < 4.78 is 39.6. The predicted molar refractivity (Wildman–Crippen MR) is 176 cm³/mol. The Bertz CT molecular complexity index is 1630. The van der Waals surface area contributed by atoms with Crippen molar-refractivity contribution in [2.24, 2.45) is 0 Å². The number of halogens is 3. The summed E-state index contributed by atoms with van der Waals surface area (Å²) in [5.41, 5.74) is 5.72. The number of aryl methyl sites for hydroxylation is 2. The van der Waals surface area contributed by atoms with E-state index in [4.69, 9.17) is 0 Å². The minimum atomic E-state index is -4.47. The van der Waals surface area contributed by atoms with Crippen molar-refractivity contribution in [1.82, 2.24) is 14.8 Å². The fraction of sp³-hybridized carbons (Fsp3) is 0.378. The SMILES string of the molecule is Cc1cc(-c2cc[nH+]cc2)cc(C)c1C(=O)N1CCC(C)(N2CCC(N(c3ccccc3)c3ccc(C(F)(F)F)nc3)CC2)CC1.[OH-]. The van der Waals surface area contributed by atoms with Gasteiger partial charge >= 0.3 is 6.18 Å². The highest BCUT2D eigenvalue weighted by molar-refractivity contribution is 5.98. The number of nitrogens with zero attached hydrogens (tertiary/aromatic N) is 4. The van der Waals surface area contributed by atoms with Gasteiger partial charge in [-0.25, -0.2) is 9.97 Å². The van der Waals surface area contributed by atoms with E-state index < -0.39 is 11.9 Å². The summed E-state index contributed by atoms with van der Waals surface area (Å²) in [5, 5.41) is 0. The van der Waals surface area contributed by atoms with Crippen molar-refractivity contribution >= 4 is 17.3 Å². The van der Waals surface area contributed by atoms with Crippen LogP contribution in [-0.4, -0.2) is 63.9 Å². The number of aromatic amines is 1. The molecule has 0 atom stereocenters. The Morgan fingerprint density at radius 2 is 1.49 bits per heavy atom. The topological polar surface area (TPSA) is 83.8 Å². The van der Waals surface area contributed by atoms with Crippen molar-refractivity contribution in [3.05, 3.63) is 108 Å². The number of benzene rings is 2. The number of nitrogens with one attached hydrogen (secondary N) is 1. The quantitative estimate of drug-likeness (QED) is 0.220. The van der Waals surface area contributed by atoms with E-state index in [0.29, 0.717) is 18.8 Å². The number of hydrogen-bond acceptors (Lipinski definition) is 5. The van der Waals surface area contributed by atoms with E-state index in [-0.39, 0.29) is 23.0 Å². The van der Waals surface area contributed by atoms with Crippen LogP contribution in [0.3, 0.4) is 0 Å². The second-order valence-electron chi connectivity index (χ2n) is 12.9. The lowest BCUT2D eigenvalue weighted by molar-refractivity contribution is -0.377. The first-order valence-electron chi connectivity index (χ1n) is 16.0. The Balaban J connectivity index is 0.00000433. The Hall–Kier alpha value is -4.28. The van der Waals surface area contributed by atoms with Crippen molar-refractivity contribution < 1.29 is 28.4 Å². The summed E-state index contributed by atoms with van der Waals surface area (Å²) in [6.07, 6.45) is 4.21. The number of likely N-dealkylation sites (tertiary alicyclic amines) is 2. The molecule has 0 spiro atoms. The van der Waals surface area contributed by atoms with Gasteiger partial charge < -0.3 is 15.3 Å². The Labute approximate surface area is 274 Å². The van der Waals surface area contributed by atoms with Crippen molar-refractivity contribution in [2.75, 3.05) is 31.1 Å². The van der Waals surface area contributed by atoms with Gasteiger partial charge in [0.25, 0.3) is 5.91 Å². The van der Waals surface area contributed by atoms with Crippen LogP contribution in [0, 0.1) is 13.8 Å². The van der Waals surface area contributed by atoms with Crippen LogP contribution in [0.2, 0.25) is 0 Å². The molecule has 248 valence electrons. The highest BCUT2D eigenvalue weighted by Crippen LogP contribution is 2.37. The molecule has 4 aromatic rings. The van der Waals surface area contributed by atoms with Crippen LogP contribution in [0.15, 0.2) is 85.3 Å². The smallest absolute Gasteiger partial charge is 0.433 e. The third-order valence-electron chi connectivity index (χ3n) is 9.87. The average Bonchev–Trinajstić information content (AvgIpc) is 3.06. The van der Waals surface area contributed by atoms with Gasteiger partial charge in [0.1, 0.15) is 5.69 Å². The van der Waals surface area contributed by atoms with Gasteiger partial charge in [0.2, 0.25) is 0 Å². The molecule has 10 heteroatoms. The molecule has 6 rings (SSSR count). The van der Waals surface area contributed by atoms with Gasteiger partial charge in [-0.1, -0.05) is 30.3 Å². The molecule has 2 aliphatic rings. The molecule has 2 aromatic heterocycles. The molecule has 0 aliphatic carbocycles. The highest BCUT2D eigenvalue weighted by Gasteiger charge is 2.40. The van der Waals surface area contributed by atoms with Crippen LogP contribution < -0.4 is 9.88 Å². The van der Waals surface area contributed by atoms with E-state index in [0.717, 1.165) is 78.3 Å². The van der Waals surface area contributed by atoms with Crippen molar-refractivity contribution in [2.45, 2.75) is 64.2 Å². The van der Waals surface area contributed by atoms with Crippen LogP contribution in [0.4, 0.5) is 24.5 Å². The molecule has 4 heterocycles. The van der Waals surface area contributed by atoms with E-state index >= 15 is 0 Å². The number of amides is 1. The lowest BCUT2D eigenvalue weighted by Crippen LogP contribution is -2.57. The number of para-hydroxylation sites is 1. The molecule has 2 saturated heterocycles. The Morgan fingerprint density at radius 1 is 0.872 bits per heavy atom. The number of piperidine rings is 2. The van der Waals surface area contributed by atoms with Crippen LogP contribution in [0.25, 0.3) is 11.1 Å². The summed E-state index contributed by atoms with van der Waals surface area (Å²) in [6.45, 7) is 9.53. The Morgan fingerprint density at radius 3 is 2.04 bits per heavy atom. The molecule has 2 aromatic carbocycles. The molecule has 1 amide bonds. The van der Waals surface area contributed by atoms with Gasteiger partial charge in [-0.3, -0.25) is 9.69 Å². The molecule has 2 aliphatic heterocycles. The highest BCUT2D eigenvalue weighted by atomic mass is 19.4. The van der Waals surface area contributed by atoms with E-state index in [2.05, 4.69) is 38.8 Å². The molecule has 2 fully saturated rings. The summed E-state index contributed by atoms with van der Waals surface area (Å²) in [4.78, 5) is 27.3.